The second kappa shape index (κ2) is 3.01. The van der Waals surface area contributed by atoms with Gasteiger partial charge in [0.05, 0.1) is 5.70 Å². The quantitative estimate of drug-likeness (QED) is 0.638. The Hall–Kier alpha value is -1.57. The minimum Gasteiger partial charge on any atom is -0.508 e. The number of rotatable bonds is 2. The van der Waals surface area contributed by atoms with Crippen LogP contribution >= 0.6 is 0 Å². The molecule has 0 atom stereocenters. The molecule has 0 saturated carbocycles. The van der Waals surface area contributed by atoms with Crippen molar-refractivity contribution in [2.24, 2.45) is 4.99 Å². The molecule has 0 heterocycles. The molecule has 0 fully saturated rings. The number of nitrogens with zero attached hydrogens (tertiary/aromatic N) is 1. The smallest absolute Gasteiger partial charge is 0.116 e. The Balaban J connectivity index is 3.05. The van der Waals surface area contributed by atoms with Crippen LogP contribution in [0.4, 0.5) is 0 Å². The summed E-state index contributed by atoms with van der Waals surface area (Å²) < 4.78 is 0. The molecule has 1 rings (SSSR count). The minimum atomic E-state index is 0.215. The van der Waals surface area contributed by atoms with Gasteiger partial charge in [-0.25, -0.2) is 0 Å². The highest BCUT2D eigenvalue weighted by atomic mass is 16.3. The van der Waals surface area contributed by atoms with E-state index in [1.807, 2.05) is 6.07 Å². The molecule has 1 aromatic rings. The fourth-order valence-electron chi connectivity index (χ4n) is 0.777. The van der Waals surface area contributed by atoms with Gasteiger partial charge in [0.1, 0.15) is 5.75 Å². The van der Waals surface area contributed by atoms with Crippen LogP contribution in [0, 0.1) is 0 Å². The van der Waals surface area contributed by atoms with E-state index in [1.165, 1.54) is 0 Å². The predicted octanol–water partition coefficient (Wildman–Crippen LogP) is 2.06. The van der Waals surface area contributed by atoms with Crippen LogP contribution in [0.25, 0.3) is 5.70 Å². The van der Waals surface area contributed by atoms with Gasteiger partial charge >= 0.3 is 0 Å². The van der Waals surface area contributed by atoms with E-state index in [2.05, 4.69) is 18.3 Å². The molecule has 0 amide bonds. The lowest BCUT2D eigenvalue weighted by Crippen LogP contribution is -1.76. The van der Waals surface area contributed by atoms with Gasteiger partial charge in [0, 0.05) is 5.56 Å². The zero-order valence-electron chi connectivity index (χ0n) is 6.12. The normalized spacial score (nSPS) is 9.09. The second-order valence-electron chi connectivity index (χ2n) is 2.16. The van der Waals surface area contributed by atoms with Gasteiger partial charge < -0.3 is 5.11 Å². The summed E-state index contributed by atoms with van der Waals surface area (Å²) in [6, 6.07) is 6.74. The molecule has 0 unspecified atom stereocenters. The van der Waals surface area contributed by atoms with Crippen LogP contribution in [-0.2, 0) is 0 Å². The third kappa shape index (κ3) is 1.67. The van der Waals surface area contributed by atoms with Crippen LogP contribution < -0.4 is 0 Å². The zero-order chi connectivity index (χ0) is 8.27. The van der Waals surface area contributed by atoms with Crippen LogP contribution in [0.2, 0.25) is 0 Å². The molecular formula is C9H9NO. The van der Waals surface area contributed by atoms with E-state index in [0.29, 0.717) is 5.70 Å². The third-order valence-corrected chi connectivity index (χ3v) is 1.37. The Kier molecular flexibility index (Phi) is 2.06. The summed E-state index contributed by atoms with van der Waals surface area (Å²) in [6.45, 7) is 6.98. The first kappa shape index (κ1) is 7.54. The zero-order valence-corrected chi connectivity index (χ0v) is 6.12. The minimum absolute atomic E-state index is 0.215. The highest BCUT2D eigenvalue weighted by Crippen LogP contribution is 2.17. The number of hydrogen-bond acceptors (Lipinski definition) is 2. The fourth-order valence-corrected chi connectivity index (χ4v) is 0.777. The monoisotopic (exact) mass is 147 g/mol. The average Bonchev–Trinajstić information content (AvgIpc) is 2.03. The molecule has 0 aliphatic rings. The average molecular weight is 147 g/mol. The summed E-state index contributed by atoms with van der Waals surface area (Å²) in [5, 5.41) is 9.05. The van der Waals surface area contributed by atoms with Gasteiger partial charge in [-0.2, -0.15) is 0 Å². The summed E-state index contributed by atoms with van der Waals surface area (Å²) >= 11 is 0. The van der Waals surface area contributed by atoms with Gasteiger partial charge in [-0.15, -0.1) is 0 Å². The number of aliphatic imine (C=N–C) groups is 1. The van der Waals surface area contributed by atoms with Crippen molar-refractivity contribution in [2.75, 3.05) is 0 Å². The van der Waals surface area contributed by atoms with E-state index in [-0.39, 0.29) is 5.75 Å². The third-order valence-electron chi connectivity index (χ3n) is 1.37. The van der Waals surface area contributed by atoms with Crippen molar-refractivity contribution in [3.05, 3.63) is 36.4 Å². The first-order valence-corrected chi connectivity index (χ1v) is 3.19. The Morgan fingerprint density at radius 3 is 2.73 bits per heavy atom. The SMILES string of the molecule is C=NC(=C)c1cccc(O)c1. The van der Waals surface area contributed by atoms with Crippen LogP contribution in [0.1, 0.15) is 5.56 Å². The Morgan fingerprint density at radius 1 is 1.45 bits per heavy atom. The van der Waals surface area contributed by atoms with Gasteiger partial charge in [0.15, 0.2) is 0 Å². The number of phenolic OH excluding ortho intramolecular Hbond substituents is 1. The van der Waals surface area contributed by atoms with Gasteiger partial charge in [0.25, 0.3) is 0 Å². The number of benzene rings is 1. The summed E-state index contributed by atoms with van der Waals surface area (Å²) in [6.07, 6.45) is 0. The molecule has 0 radical (unpaired) electrons. The highest BCUT2D eigenvalue weighted by Gasteiger charge is 1.95. The van der Waals surface area contributed by atoms with Crippen LogP contribution in [0.3, 0.4) is 0 Å². The molecule has 1 N–H and O–H groups in total. The van der Waals surface area contributed by atoms with E-state index < -0.39 is 0 Å². The first-order chi connectivity index (χ1) is 5.24. The maximum atomic E-state index is 9.05. The second-order valence-corrected chi connectivity index (χ2v) is 2.16. The standard InChI is InChI=1S/C9H9NO/c1-7(10-2)8-4-3-5-9(11)6-8/h3-6,11H,1-2H2. The van der Waals surface area contributed by atoms with Gasteiger partial charge in [-0.3, -0.25) is 4.99 Å². The lowest BCUT2D eigenvalue weighted by Gasteiger charge is -1.98. The molecule has 0 aliphatic carbocycles. The fraction of sp³-hybridized carbons (Fsp3) is 0. The van der Waals surface area contributed by atoms with Crippen LogP contribution in [-0.4, -0.2) is 11.8 Å². The molecule has 0 aromatic heterocycles. The summed E-state index contributed by atoms with van der Waals surface area (Å²) in [5.74, 6) is 0.215. The Bertz CT molecular complexity index is 291. The number of hydrogen-bond donors (Lipinski definition) is 1. The lowest BCUT2D eigenvalue weighted by atomic mass is 10.2. The number of phenols is 1. The Labute approximate surface area is 65.5 Å². The summed E-state index contributed by atoms with van der Waals surface area (Å²) in [4.78, 5) is 3.64. The van der Waals surface area contributed by atoms with E-state index in [1.54, 1.807) is 18.2 Å². The highest BCUT2D eigenvalue weighted by molar-refractivity contribution is 5.66. The molecule has 1 aromatic carbocycles. The van der Waals surface area contributed by atoms with Crippen molar-refractivity contribution in [3.8, 4) is 5.75 Å². The maximum absolute atomic E-state index is 9.05. The lowest BCUT2D eigenvalue weighted by molar-refractivity contribution is 0.475. The number of aromatic hydroxyl groups is 1. The predicted molar refractivity (Wildman–Crippen MR) is 46.7 cm³/mol. The summed E-state index contributed by atoms with van der Waals surface area (Å²) in [5.41, 5.74) is 1.36. The largest absolute Gasteiger partial charge is 0.508 e. The summed E-state index contributed by atoms with van der Waals surface area (Å²) in [7, 11) is 0. The molecule has 0 saturated heterocycles. The molecule has 0 bridgehead atoms. The maximum Gasteiger partial charge on any atom is 0.116 e. The van der Waals surface area contributed by atoms with Gasteiger partial charge in [-0.05, 0) is 18.9 Å². The molecule has 56 valence electrons. The van der Waals surface area contributed by atoms with Gasteiger partial charge in [-0.1, -0.05) is 18.7 Å². The van der Waals surface area contributed by atoms with E-state index in [4.69, 9.17) is 5.11 Å². The van der Waals surface area contributed by atoms with Crippen molar-refractivity contribution >= 4 is 12.4 Å². The van der Waals surface area contributed by atoms with Gasteiger partial charge in [0.2, 0.25) is 0 Å². The molecule has 2 nitrogen and oxygen atoms in total. The van der Waals surface area contributed by atoms with Crippen LogP contribution in [0.5, 0.6) is 5.75 Å². The van der Waals surface area contributed by atoms with Crippen molar-refractivity contribution in [2.45, 2.75) is 0 Å². The topological polar surface area (TPSA) is 32.6 Å². The van der Waals surface area contributed by atoms with E-state index >= 15 is 0 Å². The molecule has 11 heavy (non-hydrogen) atoms. The molecule has 0 spiro atoms. The first-order valence-electron chi connectivity index (χ1n) is 3.19. The Morgan fingerprint density at radius 2 is 2.18 bits per heavy atom. The molecule has 2 heteroatoms. The van der Waals surface area contributed by atoms with Crippen molar-refractivity contribution in [1.82, 2.24) is 0 Å². The van der Waals surface area contributed by atoms with E-state index in [9.17, 15) is 0 Å². The van der Waals surface area contributed by atoms with Crippen molar-refractivity contribution in [3.63, 3.8) is 0 Å². The molecular weight excluding hydrogens is 138 g/mol. The van der Waals surface area contributed by atoms with Crippen LogP contribution in [0.15, 0.2) is 35.8 Å². The van der Waals surface area contributed by atoms with E-state index in [0.717, 1.165) is 5.56 Å². The van der Waals surface area contributed by atoms with Crippen molar-refractivity contribution < 1.29 is 5.11 Å². The van der Waals surface area contributed by atoms with Crippen molar-refractivity contribution in [1.29, 1.82) is 0 Å². The molecule has 0 aliphatic heterocycles.